The van der Waals surface area contributed by atoms with Gasteiger partial charge in [-0.25, -0.2) is 9.18 Å². The van der Waals surface area contributed by atoms with Gasteiger partial charge in [0, 0.05) is 29.3 Å². The number of amides is 1. The minimum Gasteiger partial charge on any atom is -0.494 e. The molecule has 1 N–H and O–H groups in total. The molecule has 6 nitrogen and oxygen atoms in total. The van der Waals surface area contributed by atoms with E-state index in [2.05, 4.69) is 11.1 Å². The molecule has 1 aliphatic heterocycles. The fraction of sp³-hybridized carbons (Fsp3) is 0.280. The van der Waals surface area contributed by atoms with Crippen LogP contribution in [0.15, 0.2) is 42.5 Å². The molecule has 2 aromatic carbocycles. The molecule has 0 aliphatic carbocycles. The Balaban J connectivity index is 1.64. The third kappa shape index (κ3) is 3.43. The average molecular weight is 433 g/mol. The summed E-state index contributed by atoms with van der Waals surface area (Å²) in [6.45, 7) is 3.12. The van der Waals surface area contributed by atoms with E-state index < -0.39 is 5.82 Å². The van der Waals surface area contributed by atoms with Gasteiger partial charge >= 0.3 is 6.09 Å². The van der Waals surface area contributed by atoms with Gasteiger partial charge in [0.05, 0.1) is 37.2 Å². The molecule has 0 atom stereocenters. The van der Waals surface area contributed by atoms with Crippen LogP contribution in [-0.4, -0.2) is 41.2 Å². The van der Waals surface area contributed by atoms with E-state index in [0.717, 1.165) is 44.3 Å². The maximum atomic E-state index is 14.3. The summed E-state index contributed by atoms with van der Waals surface area (Å²) < 4.78 is 24.6. The lowest BCUT2D eigenvalue weighted by Gasteiger charge is -2.28. The number of halogens is 1. The summed E-state index contributed by atoms with van der Waals surface area (Å²) in [5.74, 6) is -0.183. The normalized spacial score (nSPS) is 13.4. The molecule has 0 radical (unpaired) electrons. The van der Waals surface area contributed by atoms with Gasteiger partial charge in [0.1, 0.15) is 0 Å². The summed E-state index contributed by atoms with van der Waals surface area (Å²) >= 11 is 0. The number of ether oxygens (including phenoxy) is 2. The SMILES string of the molecule is CCOC(=O)N1CCc2c(nc(Cc3ccc(OC)c(F)c3)c3[nH]c4ccccc4c23)C1. The van der Waals surface area contributed by atoms with Crippen LogP contribution >= 0.6 is 0 Å². The van der Waals surface area contributed by atoms with E-state index in [1.54, 1.807) is 17.9 Å². The zero-order valence-corrected chi connectivity index (χ0v) is 18.1. The number of methoxy groups -OCH3 is 1. The highest BCUT2D eigenvalue weighted by Crippen LogP contribution is 2.35. The Morgan fingerprint density at radius 3 is 2.88 bits per heavy atom. The Morgan fingerprint density at radius 2 is 2.09 bits per heavy atom. The lowest BCUT2D eigenvalue weighted by Crippen LogP contribution is -2.37. The Morgan fingerprint density at radius 1 is 1.25 bits per heavy atom. The molecular weight excluding hydrogens is 409 g/mol. The van der Waals surface area contributed by atoms with E-state index in [9.17, 15) is 9.18 Å². The Kier molecular flexibility index (Phi) is 5.17. The highest BCUT2D eigenvalue weighted by Gasteiger charge is 2.27. The van der Waals surface area contributed by atoms with Crippen LogP contribution in [0.5, 0.6) is 5.75 Å². The van der Waals surface area contributed by atoms with Crippen molar-refractivity contribution in [1.82, 2.24) is 14.9 Å². The highest BCUT2D eigenvalue weighted by molar-refractivity contribution is 6.10. The molecule has 1 aliphatic rings. The largest absolute Gasteiger partial charge is 0.494 e. The first kappa shape index (κ1) is 20.3. The van der Waals surface area contributed by atoms with Gasteiger partial charge in [0.2, 0.25) is 0 Å². The van der Waals surface area contributed by atoms with E-state index in [1.165, 1.54) is 13.2 Å². The number of rotatable bonds is 4. The van der Waals surface area contributed by atoms with E-state index >= 15 is 0 Å². The number of nitrogens with zero attached hydrogens (tertiary/aromatic N) is 2. The monoisotopic (exact) mass is 433 g/mol. The highest BCUT2D eigenvalue weighted by atomic mass is 19.1. The second kappa shape index (κ2) is 8.15. The number of hydrogen-bond acceptors (Lipinski definition) is 4. The van der Waals surface area contributed by atoms with Crippen LogP contribution in [0.4, 0.5) is 9.18 Å². The number of para-hydroxylation sites is 1. The van der Waals surface area contributed by atoms with Gasteiger partial charge in [0.15, 0.2) is 11.6 Å². The second-order valence-corrected chi connectivity index (χ2v) is 7.92. The maximum absolute atomic E-state index is 14.3. The zero-order valence-electron chi connectivity index (χ0n) is 18.1. The molecule has 0 spiro atoms. The fourth-order valence-corrected chi connectivity index (χ4v) is 4.52. The lowest BCUT2D eigenvalue weighted by molar-refractivity contribution is 0.102. The van der Waals surface area contributed by atoms with Crippen molar-refractivity contribution < 1.29 is 18.7 Å². The minimum atomic E-state index is -0.399. The van der Waals surface area contributed by atoms with Crippen LogP contribution in [0.1, 0.15) is 29.4 Å². The predicted octanol–water partition coefficient (Wildman–Crippen LogP) is 4.97. The molecule has 4 aromatic rings. The number of H-pyrrole nitrogens is 1. The van der Waals surface area contributed by atoms with E-state index in [-0.39, 0.29) is 11.8 Å². The van der Waals surface area contributed by atoms with Gasteiger partial charge in [-0.15, -0.1) is 0 Å². The number of carbonyl (C=O) groups is 1. The average Bonchev–Trinajstić information content (AvgIpc) is 3.19. The van der Waals surface area contributed by atoms with Crippen molar-refractivity contribution in [1.29, 1.82) is 0 Å². The predicted molar refractivity (Wildman–Crippen MR) is 120 cm³/mol. The van der Waals surface area contributed by atoms with Crippen LogP contribution < -0.4 is 4.74 Å². The van der Waals surface area contributed by atoms with Crippen LogP contribution in [0.3, 0.4) is 0 Å². The second-order valence-electron chi connectivity index (χ2n) is 7.92. The minimum absolute atomic E-state index is 0.216. The number of aromatic nitrogens is 2. The molecule has 1 amide bonds. The summed E-state index contributed by atoms with van der Waals surface area (Å²) in [7, 11) is 1.45. The van der Waals surface area contributed by atoms with Crippen LogP contribution in [0.2, 0.25) is 0 Å². The first-order valence-corrected chi connectivity index (χ1v) is 10.7. The fourth-order valence-electron chi connectivity index (χ4n) is 4.52. The molecule has 32 heavy (non-hydrogen) atoms. The number of benzene rings is 2. The molecule has 0 bridgehead atoms. The van der Waals surface area contributed by atoms with Crippen molar-refractivity contribution in [3.8, 4) is 5.75 Å². The van der Waals surface area contributed by atoms with E-state index in [1.807, 2.05) is 24.3 Å². The van der Waals surface area contributed by atoms with Crippen molar-refractivity contribution in [2.24, 2.45) is 0 Å². The van der Waals surface area contributed by atoms with Gasteiger partial charge < -0.3 is 19.4 Å². The quantitative estimate of drug-likeness (QED) is 0.494. The Hall–Kier alpha value is -3.61. The maximum Gasteiger partial charge on any atom is 0.410 e. The first-order valence-electron chi connectivity index (χ1n) is 10.7. The smallest absolute Gasteiger partial charge is 0.410 e. The summed E-state index contributed by atoms with van der Waals surface area (Å²) in [5.41, 5.74) is 5.64. The van der Waals surface area contributed by atoms with Crippen molar-refractivity contribution in [3.05, 3.63) is 70.8 Å². The molecule has 5 rings (SSSR count). The third-order valence-corrected chi connectivity index (χ3v) is 6.00. The van der Waals surface area contributed by atoms with Crippen molar-refractivity contribution in [3.63, 3.8) is 0 Å². The zero-order chi connectivity index (χ0) is 22.2. The van der Waals surface area contributed by atoms with E-state index in [0.29, 0.717) is 32.5 Å². The van der Waals surface area contributed by atoms with Gasteiger partial charge in [-0.1, -0.05) is 24.3 Å². The molecule has 7 heteroatoms. The molecule has 3 heterocycles. The Bertz CT molecular complexity index is 1330. The molecule has 0 saturated carbocycles. The molecule has 2 aromatic heterocycles. The summed E-state index contributed by atoms with van der Waals surface area (Å²) in [4.78, 5) is 22.5. The number of carbonyl (C=O) groups excluding carboxylic acids is 1. The number of fused-ring (bicyclic) bond motifs is 5. The van der Waals surface area contributed by atoms with Gasteiger partial charge in [-0.05, 0) is 42.7 Å². The third-order valence-electron chi connectivity index (χ3n) is 6.00. The number of aromatic amines is 1. The number of nitrogens with one attached hydrogen (secondary N) is 1. The van der Waals surface area contributed by atoms with Gasteiger partial charge in [0.25, 0.3) is 0 Å². The summed E-state index contributed by atoms with van der Waals surface area (Å²) in [5, 5.41) is 2.27. The van der Waals surface area contributed by atoms with Gasteiger partial charge in [-0.3, -0.25) is 4.98 Å². The molecule has 164 valence electrons. The molecule has 0 saturated heterocycles. The van der Waals surface area contributed by atoms with Crippen molar-refractivity contribution in [2.45, 2.75) is 26.3 Å². The van der Waals surface area contributed by atoms with Crippen LogP contribution in [0.25, 0.3) is 21.8 Å². The molecular formula is C25H24FN3O3. The molecule has 0 fully saturated rings. The Labute approximate surface area is 185 Å². The van der Waals surface area contributed by atoms with Crippen molar-refractivity contribution in [2.75, 3.05) is 20.3 Å². The van der Waals surface area contributed by atoms with Crippen LogP contribution in [-0.2, 0) is 24.1 Å². The summed E-state index contributed by atoms with van der Waals surface area (Å²) in [6.07, 6.45) is 0.839. The number of pyridine rings is 1. The number of hydrogen-bond donors (Lipinski definition) is 1. The lowest BCUT2D eigenvalue weighted by atomic mass is 9.96. The van der Waals surface area contributed by atoms with Crippen LogP contribution in [0, 0.1) is 5.82 Å². The molecule has 0 unspecified atom stereocenters. The van der Waals surface area contributed by atoms with E-state index in [4.69, 9.17) is 14.5 Å². The van der Waals surface area contributed by atoms with Crippen molar-refractivity contribution >= 4 is 27.9 Å². The summed E-state index contributed by atoms with van der Waals surface area (Å²) in [6, 6.07) is 13.1. The first-order chi connectivity index (χ1) is 15.6. The topological polar surface area (TPSA) is 67.4 Å². The van der Waals surface area contributed by atoms with Gasteiger partial charge in [-0.2, -0.15) is 0 Å². The standard InChI is InChI=1S/C25H24FN3O3/c1-3-32-25(30)29-11-10-17-21(14-29)27-20(13-15-8-9-22(31-2)18(26)12-15)24-23(17)16-6-4-5-7-19(16)28-24/h4-9,12,28H,3,10-11,13-14H2,1-2H3.